The highest BCUT2D eigenvalue weighted by atomic mass is 79.9. The molecule has 0 radical (unpaired) electrons. The summed E-state index contributed by atoms with van der Waals surface area (Å²) >= 11 is 10.2. The molecule has 0 aliphatic heterocycles. The van der Waals surface area contributed by atoms with Crippen LogP contribution in [0, 0.1) is 10.1 Å². The summed E-state index contributed by atoms with van der Waals surface area (Å²) in [6, 6.07) is 7.44. The van der Waals surface area contributed by atoms with Crippen LogP contribution in [0.5, 0.6) is 0 Å². The van der Waals surface area contributed by atoms with Crippen LogP contribution in [0.4, 0.5) is 11.4 Å². The number of nitro benzene ring substituents is 1. The van der Waals surface area contributed by atoms with Crippen molar-refractivity contribution in [1.29, 1.82) is 0 Å². The van der Waals surface area contributed by atoms with Gasteiger partial charge >= 0.3 is 0 Å². The average molecular weight is 362 g/mol. The van der Waals surface area contributed by atoms with Gasteiger partial charge in [-0.05, 0) is 40.2 Å². The zero-order valence-electron chi connectivity index (χ0n) is 9.22. The maximum Gasteiger partial charge on any atom is 0.294 e. The number of hydrogen-bond acceptors (Lipinski definition) is 4. The summed E-state index contributed by atoms with van der Waals surface area (Å²) in [5.74, 6) is -0.402. The number of nitrogens with zero attached hydrogens (tertiary/aromatic N) is 1. The normalized spacial score (nSPS) is 10.2. The molecule has 0 atom stereocenters. The summed E-state index contributed by atoms with van der Waals surface area (Å²) in [6.45, 7) is 0. The largest absolute Gasteiger partial charge is 0.316 e. The van der Waals surface area contributed by atoms with E-state index in [1.165, 1.54) is 29.5 Å². The molecule has 1 aromatic heterocycles. The van der Waals surface area contributed by atoms with E-state index in [0.717, 1.165) is 3.79 Å². The number of rotatable bonds is 3. The predicted molar refractivity (Wildman–Crippen MR) is 78.1 cm³/mol. The van der Waals surface area contributed by atoms with E-state index < -0.39 is 10.8 Å². The summed E-state index contributed by atoms with van der Waals surface area (Å²) in [6.07, 6.45) is 0. The number of thiophene rings is 1. The van der Waals surface area contributed by atoms with Gasteiger partial charge < -0.3 is 5.32 Å². The second-order valence-corrected chi connectivity index (χ2v) is 6.38. The highest BCUT2D eigenvalue weighted by Gasteiger charge is 2.17. The molecule has 8 heteroatoms. The molecule has 0 aliphatic rings. The Balaban J connectivity index is 2.28. The van der Waals surface area contributed by atoms with Gasteiger partial charge in [-0.3, -0.25) is 14.9 Å². The van der Waals surface area contributed by atoms with E-state index in [4.69, 9.17) is 11.6 Å². The molecule has 0 unspecified atom stereocenters. The number of anilines is 1. The monoisotopic (exact) mass is 360 g/mol. The Hall–Kier alpha value is -1.44. The first kappa shape index (κ1) is 14.0. The Kier molecular flexibility index (Phi) is 4.18. The number of benzene rings is 1. The zero-order chi connectivity index (χ0) is 14.0. The summed E-state index contributed by atoms with van der Waals surface area (Å²) < 4.78 is 0.809. The van der Waals surface area contributed by atoms with Crippen molar-refractivity contribution in [3.8, 4) is 0 Å². The van der Waals surface area contributed by atoms with Crippen LogP contribution >= 0.6 is 38.9 Å². The fourth-order valence-electron chi connectivity index (χ4n) is 1.38. The molecule has 98 valence electrons. The average Bonchev–Trinajstić information content (AvgIpc) is 2.78. The lowest BCUT2D eigenvalue weighted by molar-refractivity contribution is -0.383. The molecule has 5 nitrogen and oxygen atoms in total. The molecule has 0 saturated heterocycles. The topological polar surface area (TPSA) is 72.2 Å². The second-order valence-electron chi connectivity index (χ2n) is 3.48. The Morgan fingerprint density at radius 1 is 1.37 bits per heavy atom. The summed E-state index contributed by atoms with van der Waals surface area (Å²) in [5.41, 5.74) is -0.125. The number of carbonyl (C=O) groups is 1. The third-order valence-corrected chi connectivity index (χ3v) is 4.06. The van der Waals surface area contributed by atoms with Gasteiger partial charge in [-0.25, -0.2) is 0 Å². The summed E-state index contributed by atoms with van der Waals surface area (Å²) in [4.78, 5) is 22.7. The smallest absolute Gasteiger partial charge is 0.294 e. The van der Waals surface area contributed by atoms with Crippen molar-refractivity contribution in [2.24, 2.45) is 0 Å². The van der Waals surface area contributed by atoms with Crippen LogP contribution in [0.3, 0.4) is 0 Å². The quantitative estimate of drug-likeness (QED) is 0.653. The van der Waals surface area contributed by atoms with Crippen molar-refractivity contribution in [2.45, 2.75) is 0 Å². The summed E-state index contributed by atoms with van der Waals surface area (Å²) in [7, 11) is 0. The van der Waals surface area contributed by atoms with Crippen LogP contribution in [0.25, 0.3) is 0 Å². The third-order valence-electron chi connectivity index (χ3n) is 2.20. The van der Waals surface area contributed by atoms with Gasteiger partial charge in [0.15, 0.2) is 0 Å². The lowest BCUT2D eigenvalue weighted by Gasteiger charge is -2.04. The van der Waals surface area contributed by atoms with Crippen molar-refractivity contribution >= 4 is 56.1 Å². The minimum absolute atomic E-state index is 0.115. The van der Waals surface area contributed by atoms with Gasteiger partial charge in [-0.15, -0.1) is 11.3 Å². The van der Waals surface area contributed by atoms with Crippen molar-refractivity contribution in [2.75, 3.05) is 5.32 Å². The van der Waals surface area contributed by atoms with E-state index in [0.29, 0.717) is 4.88 Å². The molecular formula is C11H6BrClN2O3S. The molecule has 1 N–H and O–H groups in total. The van der Waals surface area contributed by atoms with Gasteiger partial charge in [0.05, 0.1) is 13.6 Å². The molecule has 2 rings (SSSR count). The molecule has 0 fully saturated rings. The Bertz CT molecular complexity index is 659. The van der Waals surface area contributed by atoms with E-state index in [-0.39, 0.29) is 16.4 Å². The first-order valence-electron chi connectivity index (χ1n) is 4.98. The van der Waals surface area contributed by atoms with Crippen molar-refractivity contribution in [3.63, 3.8) is 0 Å². The van der Waals surface area contributed by atoms with Gasteiger partial charge in [0, 0.05) is 11.1 Å². The maximum atomic E-state index is 11.9. The second kappa shape index (κ2) is 5.68. The minimum Gasteiger partial charge on any atom is -0.316 e. The molecule has 0 saturated carbocycles. The maximum absolute atomic E-state index is 11.9. The van der Waals surface area contributed by atoms with Crippen LogP contribution in [0.2, 0.25) is 5.02 Å². The number of carbonyl (C=O) groups excluding carboxylic acids is 1. The molecule has 1 heterocycles. The zero-order valence-corrected chi connectivity index (χ0v) is 12.4. The molecule has 0 spiro atoms. The molecule has 2 aromatic rings. The summed E-state index contributed by atoms with van der Waals surface area (Å²) in [5, 5.41) is 13.6. The highest BCUT2D eigenvalue weighted by molar-refractivity contribution is 9.11. The van der Waals surface area contributed by atoms with Gasteiger partial charge in [-0.1, -0.05) is 11.6 Å². The number of nitro groups is 1. The lowest BCUT2D eigenvalue weighted by atomic mass is 10.2. The first-order valence-corrected chi connectivity index (χ1v) is 6.97. The molecule has 0 bridgehead atoms. The Labute approximate surface area is 125 Å². The number of amides is 1. The van der Waals surface area contributed by atoms with Crippen LogP contribution in [-0.4, -0.2) is 10.8 Å². The Morgan fingerprint density at radius 3 is 2.68 bits per heavy atom. The van der Waals surface area contributed by atoms with E-state index in [9.17, 15) is 14.9 Å². The molecule has 19 heavy (non-hydrogen) atoms. The first-order chi connectivity index (χ1) is 8.97. The highest BCUT2D eigenvalue weighted by Crippen LogP contribution is 2.29. The molecule has 1 amide bonds. The van der Waals surface area contributed by atoms with Crippen LogP contribution in [0.1, 0.15) is 9.67 Å². The van der Waals surface area contributed by atoms with E-state index in [2.05, 4.69) is 21.2 Å². The Morgan fingerprint density at radius 2 is 2.11 bits per heavy atom. The SMILES string of the molecule is O=C(Nc1ccc(Cl)cc1[N+](=O)[O-])c1ccc(Br)s1. The van der Waals surface area contributed by atoms with Crippen LogP contribution in [0.15, 0.2) is 34.1 Å². The third kappa shape index (κ3) is 3.31. The van der Waals surface area contributed by atoms with Gasteiger partial charge in [0.2, 0.25) is 0 Å². The lowest BCUT2D eigenvalue weighted by Crippen LogP contribution is -2.11. The molecule has 1 aromatic carbocycles. The number of nitrogens with one attached hydrogen (secondary N) is 1. The van der Waals surface area contributed by atoms with Crippen LogP contribution in [-0.2, 0) is 0 Å². The molecule has 0 aliphatic carbocycles. The van der Waals surface area contributed by atoms with Gasteiger partial charge in [-0.2, -0.15) is 0 Å². The van der Waals surface area contributed by atoms with E-state index >= 15 is 0 Å². The van der Waals surface area contributed by atoms with Crippen molar-refractivity contribution in [3.05, 3.63) is 54.1 Å². The van der Waals surface area contributed by atoms with E-state index in [1.807, 2.05) is 0 Å². The van der Waals surface area contributed by atoms with Gasteiger partial charge in [0.1, 0.15) is 5.69 Å². The minimum atomic E-state index is -0.591. The number of halogens is 2. The molecular weight excluding hydrogens is 356 g/mol. The van der Waals surface area contributed by atoms with Crippen molar-refractivity contribution < 1.29 is 9.72 Å². The fourth-order valence-corrected chi connectivity index (χ4v) is 2.83. The predicted octanol–water partition coefficient (Wildman–Crippen LogP) is 4.32. The van der Waals surface area contributed by atoms with E-state index in [1.54, 1.807) is 12.1 Å². The van der Waals surface area contributed by atoms with Crippen LogP contribution < -0.4 is 5.32 Å². The van der Waals surface area contributed by atoms with Crippen molar-refractivity contribution in [1.82, 2.24) is 0 Å². The number of hydrogen-bond donors (Lipinski definition) is 1. The van der Waals surface area contributed by atoms with Gasteiger partial charge in [0.25, 0.3) is 11.6 Å². The standard InChI is InChI=1S/C11H6BrClN2O3S/c12-10-4-3-9(19-10)11(16)14-7-2-1-6(13)5-8(7)15(17)18/h1-5H,(H,14,16). The fraction of sp³-hybridized carbons (Fsp3) is 0.